The highest BCUT2D eigenvalue weighted by molar-refractivity contribution is 8.02. The first-order valence-corrected chi connectivity index (χ1v) is 11.8. The zero-order valence-corrected chi connectivity index (χ0v) is 19.1. The Morgan fingerprint density at radius 3 is 2.57 bits per heavy atom. The fourth-order valence-corrected chi connectivity index (χ4v) is 6.50. The topological polar surface area (TPSA) is 79.2 Å². The SMILES string of the molecule is NC(=O)c1cc2c(s1)SC(c1c[nH]c3ccc(F)cc13)C(=O)N2Cc1cc(F)cc(C(F)(F)F)c1. The van der Waals surface area contributed by atoms with Gasteiger partial charge in [-0.2, -0.15) is 13.2 Å². The Morgan fingerprint density at radius 1 is 1.09 bits per heavy atom. The van der Waals surface area contributed by atoms with E-state index in [0.29, 0.717) is 32.4 Å². The van der Waals surface area contributed by atoms with Gasteiger partial charge in [-0.3, -0.25) is 9.59 Å². The molecule has 3 N–H and O–H groups in total. The number of nitrogens with one attached hydrogen (secondary N) is 1. The second-order valence-electron chi connectivity index (χ2n) is 7.85. The Morgan fingerprint density at radius 2 is 1.86 bits per heavy atom. The summed E-state index contributed by atoms with van der Waals surface area (Å²) in [6, 6.07) is 7.53. The summed E-state index contributed by atoms with van der Waals surface area (Å²) in [5, 5.41) is -0.427. The van der Waals surface area contributed by atoms with Gasteiger partial charge in [0.15, 0.2) is 0 Å². The fourth-order valence-electron chi connectivity index (χ4n) is 3.96. The van der Waals surface area contributed by atoms with E-state index >= 15 is 0 Å². The summed E-state index contributed by atoms with van der Waals surface area (Å²) in [4.78, 5) is 29.8. The molecule has 1 atom stereocenters. The number of carbonyl (C=O) groups is 2. The Bertz CT molecular complexity index is 1490. The zero-order valence-electron chi connectivity index (χ0n) is 17.5. The third-order valence-electron chi connectivity index (χ3n) is 5.51. The predicted octanol–water partition coefficient (Wildman–Crippen LogP) is 6.01. The standard InChI is InChI=1S/C23H14F5N3O2S2/c24-12-1-2-16-14(6-12)15(8-30-16)19-21(33)31(17-7-18(20(29)32)34-22(17)35-19)9-10-3-11(23(26,27)28)5-13(25)4-10/h1-8,19,30H,9H2,(H2,29,32). The third-order valence-corrected chi connectivity index (χ3v) is 8.10. The molecule has 2 aromatic carbocycles. The Kier molecular flexibility index (Phi) is 5.59. The molecular weight excluding hydrogens is 509 g/mol. The molecule has 5 rings (SSSR count). The van der Waals surface area contributed by atoms with Crippen LogP contribution in [0, 0.1) is 11.6 Å². The van der Waals surface area contributed by atoms with Gasteiger partial charge in [0, 0.05) is 22.7 Å². The van der Waals surface area contributed by atoms with Crippen molar-refractivity contribution in [1.82, 2.24) is 4.98 Å². The molecule has 2 aromatic heterocycles. The Balaban J connectivity index is 1.61. The van der Waals surface area contributed by atoms with E-state index in [1.54, 1.807) is 6.20 Å². The molecule has 0 spiro atoms. The van der Waals surface area contributed by atoms with Crippen molar-refractivity contribution in [1.29, 1.82) is 0 Å². The monoisotopic (exact) mass is 523 g/mol. The number of H-pyrrole nitrogens is 1. The number of nitrogens with zero attached hydrogens (tertiary/aromatic N) is 1. The van der Waals surface area contributed by atoms with Crippen molar-refractivity contribution < 1.29 is 31.5 Å². The Labute approximate surface area is 202 Å². The van der Waals surface area contributed by atoms with Crippen molar-refractivity contribution in [3.05, 3.63) is 81.9 Å². The van der Waals surface area contributed by atoms with E-state index in [2.05, 4.69) is 4.98 Å². The number of rotatable bonds is 4. The summed E-state index contributed by atoms with van der Waals surface area (Å²) in [6.07, 6.45) is -3.21. The molecule has 1 unspecified atom stereocenters. The van der Waals surface area contributed by atoms with Crippen LogP contribution in [0.25, 0.3) is 10.9 Å². The number of hydrogen-bond donors (Lipinski definition) is 2. The highest BCUT2D eigenvalue weighted by Crippen LogP contribution is 2.52. The largest absolute Gasteiger partial charge is 0.416 e. The summed E-state index contributed by atoms with van der Waals surface area (Å²) in [5.74, 6) is -2.84. The van der Waals surface area contributed by atoms with Gasteiger partial charge >= 0.3 is 6.18 Å². The van der Waals surface area contributed by atoms with Gasteiger partial charge in [-0.1, -0.05) is 11.8 Å². The summed E-state index contributed by atoms with van der Waals surface area (Å²) in [7, 11) is 0. The van der Waals surface area contributed by atoms with Crippen molar-refractivity contribution in [2.45, 2.75) is 22.2 Å². The number of halogens is 5. The number of thioether (sulfide) groups is 1. The van der Waals surface area contributed by atoms with Crippen LogP contribution in [-0.4, -0.2) is 16.8 Å². The van der Waals surface area contributed by atoms with Gasteiger partial charge < -0.3 is 15.6 Å². The second kappa shape index (κ2) is 8.38. The molecule has 180 valence electrons. The number of fused-ring (bicyclic) bond motifs is 2. The number of nitrogens with two attached hydrogens (primary N) is 1. The predicted molar refractivity (Wildman–Crippen MR) is 122 cm³/mol. The van der Waals surface area contributed by atoms with Crippen molar-refractivity contribution in [2.24, 2.45) is 5.73 Å². The lowest BCUT2D eigenvalue weighted by Gasteiger charge is -2.32. The zero-order chi connectivity index (χ0) is 25.1. The van der Waals surface area contributed by atoms with Gasteiger partial charge in [0.05, 0.1) is 26.9 Å². The molecule has 0 saturated heterocycles. The number of benzene rings is 2. The first-order valence-electron chi connectivity index (χ1n) is 10.1. The minimum Gasteiger partial charge on any atom is -0.365 e. The first-order chi connectivity index (χ1) is 16.5. The number of aromatic amines is 1. The van der Waals surface area contributed by atoms with Crippen molar-refractivity contribution in [3.63, 3.8) is 0 Å². The maximum Gasteiger partial charge on any atom is 0.416 e. The highest BCUT2D eigenvalue weighted by Gasteiger charge is 2.38. The van der Waals surface area contributed by atoms with E-state index in [4.69, 9.17) is 5.73 Å². The lowest BCUT2D eigenvalue weighted by molar-refractivity contribution is -0.137. The Hall–Kier alpha value is -3.38. The highest BCUT2D eigenvalue weighted by atomic mass is 32.2. The number of carbonyl (C=O) groups excluding carboxylic acids is 2. The number of alkyl halides is 3. The van der Waals surface area contributed by atoms with Crippen LogP contribution in [0.4, 0.5) is 27.6 Å². The molecule has 3 heterocycles. The first kappa shape index (κ1) is 23.4. The van der Waals surface area contributed by atoms with E-state index in [9.17, 15) is 31.5 Å². The smallest absolute Gasteiger partial charge is 0.365 e. The van der Waals surface area contributed by atoms with Crippen molar-refractivity contribution in [3.8, 4) is 0 Å². The molecule has 35 heavy (non-hydrogen) atoms. The molecule has 4 aromatic rings. The van der Waals surface area contributed by atoms with Gasteiger partial charge in [-0.25, -0.2) is 8.78 Å². The van der Waals surface area contributed by atoms with Crippen molar-refractivity contribution >= 4 is 51.5 Å². The van der Waals surface area contributed by atoms with Gasteiger partial charge in [-0.05, 0) is 48.0 Å². The van der Waals surface area contributed by atoms with E-state index in [1.165, 1.54) is 29.2 Å². The molecule has 12 heteroatoms. The van der Waals surface area contributed by atoms with Gasteiger partial charge in [0.2, 0.25) is 5.91 Å². The summed E-state index contributed by atoms with van der Waals surface area (Å²) in [5.41, 5.74) is 5.49. The van der Waals surface area contributed by atoms with Gasteiger partial charge in [-0.15, -0.1) is 11.3 Å². The van der Waals surface area contributed by atoms with Crippen LogP contribution in [0.5, 0.6) is 0 Å². The molecule has 1 aliphatic rings. The minimum absolute atomic E-state index is 0.0842. The quantitative estimate of drug-likeness (QED) is 0.322. The van der Waals surface area contributed by atoms with Gasteiger partial charge in [0.25, 0.3) is 5.91 Å². The van der Waals surface area contributed by atoms with E-state index in [0.717, 1.165) is 35.2 Å². The number of thiophene rings is 1. The van der Waals surface area contributed by atoms with Crippen LogP contribution in [0.3, 0.4) is 0 Å². The summed E-state index contributed by atoms with van der Waals surface area (Å²) >= 11 is 2.17. The lowest BCUT2D eigenvalue weighted by Crippen LogP contribution is -2.36. The minimum atomic E-state index is -4.78. The molecule has 0 bridgehead atoms. The molecule has 5 nitrogen and oxygen atoms in total. The maximum absolute atomic E-state index is 14.0. The molecule has 1 aliphatic heterocycles. The van der Waals surface area contributed by atoms with E-state index in [1.807, 2.05) is 0 Å². The normalized spacial score (nSPS) is 16.1. The van der Waals surface area contributed by atoms with Crippen LogP contribution in [0.1, 0.15) is 31.6 Å². The van der Waals surface area contributed by atoms with Crippen LogP contribution < -0.4 is 10.6 Å². The van der Waals surface area contributed by atoms with Crippen molar-refractivity contribution in [2.75, 3.05) is 4.90 Å². The van der Waals surface area contributed by atoms with Gasteiger partial charge in [0.1, 0.15) is 16.9 Å². The third kappa shape index (κ3) is 4.27. The van der Waals surface area contributed by atoms with Crippen LogP contribution in [0.2, 0.25) is 0 Å². The molecule has 0 saturated carbocycles. The number of aromatic nitrogens is 1. The molecule has 0 fully saturated rings. The number of hydrogen-bond acceptors (Lipinski definition) is 4. The van der Waals surface area contributed by atoms with Crippen LogP contribution in [-0.2, 0) is 17.5 Å². The average molecular weight is 524 g/mol. The molecule has 0 radical (unpaired) electrons. The number of amides is 2. The molecular formula is C23H14F5N3O2S2. The summed E-state index contributed by atoms with van der Waals surface area (Å²) < 4.78 is 68.2. The lowest BCUT2D eigenvalue weighted by atomic mass is 10.1. The number of primary amides is 1. The van der Waals surface area contributed by atoms with Crippen LogP contribution in [0.15, 0.2) is 52.9 Å². The van der Waals surface area contributed by atoms with E-state index in [-0.39, 0.29) is 17.0 Å². The fraction of sp³-hybridized carbons (Fsp3) is 0.130. The summed E-state index contributed by atoms with van der Waals surface area (Å²) in [6.45, 7) is -0.380. The van der Waals surface area contributed by atoms with E-state index < -0.39 is 40.4 Å². The van der Waals surface area contributed by atoms with Crippen LogP contribution >= 0.6 is 23.1 Å². The maximum atomic E-state index is 14.0. The average Bonchev–Trinajstić information content (AvgIpc) is 3.38. The number of anilines is 1. The molecule has 2 amide bonds. The second-order valence-corrected chi connectivity index (χ2v) is 10.3. The molecule has 0 aliphatic carbocycles.